The number of anilines is 1. The number of carbonyl (C=O) groups is 4. The maximum atomic E-state index is 13.2. The largest absolute Gasteiger partial charge is 0.382 e. The van der Waals surface area contributed by atoms with E-state index in [0.29, 0.717) is 98.1 Å². The summed E-state index contributed by atoms with van der Waals surface area (Å²) < 4.78 is 40.6. The number of fused-ring (bicyclic) bond motifs is 1. The minimum atomic E-state index is -1.01. The van der Waals surface area contributed by atoms with Crippen LogP contribution in [0, 0.1) is 0 Å². The van der Waals surface area contributed by atoms with Gasteiger partial charge in [-0.05, 0) is 35.2 Å². The van der Waals surface area contributed by atoms with Gasteiger partial charge in [-0.25, -0.2) is 0 Å². The van der Waals surface area contributed by atoms with E-state index >= 15 is 0 Å². The highest BCUT2D eigenvalue weighted by Gasteiger charge is 2.45. The molecule has 318 valence electrons. The molecule has 0 radical (unpaired) electrons. The Kier molecular flexibility index (Phi) is 17.3. The summed E-state index contributed by atoms with van der Waals surface area (Å²) in [7, 11) is 0. The fourth-order valence-electron chi connectivity index (χ4n) is 7.14. The first kappa shape index (κ1) is 44.2. The number of amides is 4. The molecule has 60 heavy (non-hydrogen) atoms. The number of imide groups is 2. The summed E-state index contributed by atoms with van der Waals surface area (Å²) >= 11 is 0. The molecule has 6 rings (SSSR count). The third-order valence-corrected chi connectivity index (χ3v) is 9.98. The van der Waals surface area contributed by atoms with Crippen molar-refractivity contribution in [2.75, 3.05) is 97.8 Å². The number of nitrogens with zero attached hydrogens (tertiary/aromatic N) is 1. The molecule has 4 aromatic carbocycles. The molecule has 1 unspecified atom stereocenters. The Hall–Kier alpha value is -5.32. The predicted octanol–water partition coefficient (Wildman–Crippen LogP) is 4.61. The van der Waals surface area contributed by atoms with Crippen LogP contribution in [0.15, 0.2) is 109 Å². The number of ether oxygens (including phenoxy) is 7. The van der Waals surface area contributed by atoms with Crippen molar-refractivity contribution in [1.82, 2.24) is 10.2 Å². The Morgan fingerprint density at radius 2 is 0.983 bits per heavy atom. The number of hydrogen-bond acceptors (Lipinski definition) is 12. The molecule has 14 nitrogen and oxygen atoms in total. The molecule has 0 spiro atoms. The van der Waals surface area contributed by atoms with Gasteiger partial charge >= 0.3 is 0 Å². The second-order valence-corrected chi connectivity index (χ2v) is 13.9. The van der Waals surface area contributed by atoms with E-state index in [2.05, 4.69) is 47.0 Å². The van der Waals surface area contributed by atoms with Crippen LogP contribution in [0.4, 0.5) is 5.69 Å². The molecule has 2 aliphatic rings. The Morgan fingerprint density at radius 3 is 1.45 bits per heavy atom. The van der Waals surface area contributed by atoms with Crippen molar-refractivity contribution in [3.05, 3.63) is 137 Å². The predicted molar refractivity (Wildman–Crippen MR) is 222 cm³/mol. The molecule has 1 atom stereocenters. The highest BCUT2D eigenvalue weighted by Crippen LogP contribution is 2.40. The van der Waals surface area contributed by atoms with E-state index in [1.54, 1.807) is 18.2 Å². The second kappa shape index (κ2) is 23.5. The van der Waals surface area contributed by atoms with Gasteiger partial charge in [0.2, 0.25) is 11.8 Å². The number of carbonyl (C=O) groups excluding carboxylic acids is 4. The second-order valence-electron chi connectivity index (χ2n) is 13.9. The van der Waals surface area contributed by atoms with Crippen LogP contribution in [-0.2, 0) is 48.3 Å². The molecule has 4 aromatic rings. The van der Waals surface area contributed by atoms with E-state index in [1.165, 1.54) is 0 Å². The monoisotopic (exact) mass is 823 g/mol. The van der Waals surface area contributed by atoms with Crippen LogP contribution in [0.2, 0.25) is 0 Å². The van der Waals surface area contributed by atoms with Crippen LogP contribution >= 0.6 is 0 Å². The first-order valence-corrected chi connectivity index (χ1v) is 20.4. The number of piperidine rings is 1. The Labute approximate surface area is 350 Å². The summed E-state index contributed by atoms with van der Waals surface area (Å²) in [6.07, 6.45) is 0.168. The molecule has 0 bridgehead atoms. The van der Waals surface area contributed by atoms with Crippen LogP contribution in [0.5, 0.6) is 0 Å². The maximum absolute atomic E-state index is 13.2. The molecule has 14 heteroatoms. The lowest BCUT2D eigenvalue weighted by molar-refractivity contribution is -0.136. The molecule has 2 N–H and O–H groups in total. The van der Waals surface area contributed by atoms with E-state index < -0.39 is 35.3 Å². The van der Waals surface area contributed by atoms with Gasteiger partial charge in [0.25, 0.3) is 11.8 Å². The number of hydrogen-bond donors (Lipinski definition) is 2. The molecule has 1 fully saturated rings. The van der Waals surface area contributed by atoms with Crippen LogP contribution in [-0.4, -0.2) is 127 Å². The van der Waals surface area contributed by atoms with E-state index in [1.807, 2.05) is 54.6 Å². The van der Waals surface area contributed by atoms with Gasteiger partial charge in [-0.15, -0.1) is 0 Å². The smallest absolute Gasteiger partial charge is 0.264 e. The molecular weight excluding hydrogens is 771 g/mol. The highest BCUT2D eigenvalue weighted by molar-refractivity contribution is 6.25. The standard InChI is InChI=1S/C46H53N3O11/c50-41-20-19-40(43(51)48-41)49-44(52)38-17-10-18-39(42(38)45(49)53)47-21-22-54-23-24-55-25-26-56-27-28-57-29-30-58-31-32-59-33-34-60-46(35-11-4-1-5-12-35,36-13-6-2-7-14-36)37-15-8-3-9-16-37/h1-18,40,47H,19-34H2,(H,48,50,51). The van der Waals surface area contributed by atoms with Crippen molar-refractivity contribution in [2.24, 2.45) is 0 Å². The van der Waals surface area contributed by atoms with Crippen molar-refractivity contribution in [3.8, 4) is 0 Å². The van der Waals surface area contributed by atoms with Crippen molar-refractivity contribution in [2.45, 2.75) is 24.5 Å². The molecule has 0 aliphatic carbocycles. The first-order valence-electron chi connectivity index (χ1n) is 20.4. The van der Waals surface area contributed by atoms with Crippen molar-refractivity contribution in [3.63, 3.8) is 0 Å². The fraction of sp³-hybridized carbons (Fsp3) is 0.391. The van der Waals surface area contributed by atoms with E-state index in [0.717, 1.165) is 21.6 Å². The Morgan fingerprint density at radius 1 is 0.533 bits per heavy atom. The molecule has 4 amide bonds. The first-order chi connectivity index (χ1) is 29.5. The van der Waals surface area contributed by atoms with Gasteiger partial charge in [-0.3, -0.25) is 29.4 Å². The van der Waals surface area contributed by atoms with Crippen LogP contribution in [0.1, 0.15) is 50.2 Å². The topological polar surface area (TPSA) is 160 Å². The zero-order chi connectivity index (χ0) is 41.8. The number of benzene rings is 4. The average Bonchev–Trinajstić information content (AvgIpc) is 3.53. The van der Waals surface area contributed by atoms with Crippen LogP contribution in [0.25, 0.3) is 0 Å². The summed E-state index contributed by atoms with van der Waals surface area (Å²) in [5.74, 6) is -2.17. The van der Waals surface area contributed by atoms with Gasteiger partial charge < -0.3 is 38.5 Å². The third-order valence-electron chi connectivity index (χ3n) is 9.98. The molecular formula is C46H53N3O11. The van der Waals surface area contributed by atoms with Crippen LogP contribution in [0.3, 0.4) is 0 Å². The summed E-state index contributed by atoms with van der Waals surface area (Å²) in [5.41, 5.74) is 3.28. The van der Waals surface area contributed by atoms with Crippen LogP contribution < -0.4 is 10.6 Å². The highest BCUT2D eigenvalue weighted by atomic mass is 16.6. The Bertz CT molecular complexity index is 1870. The van der Waals surface area contributed by atoms with Crippen molar-refractivity contribution < 1.29 is 52.3 Å². The maximum Gasteiger partial charge on any atom is 0.264 e. The van der Waals surface area contributed by atoms with Gasteiger partial charge in [0.15, 0.2) is 0 Å². The number of nitrogens with one attached hydrogen (secondary N) is 2. The van der Waals surface area contributed by atoms with E-state index in [9.17, 15) is 19.2 Å². The van der Waals surface area contributed by atoms with E-state index in [4.69, 9.17) is 33.2 Å². The molecule has 2 heterocycles. The Balaban J connectivity index is 0.746. The van der Waals surface area contributed by atoms with Gasteiger partial charge in [-0.1, -0.05) is 97.1 Å². The lowest BCUT2D eigenvalue weighted by Gasteiger charge is -2.36. The zero-order valence-corrected chi connectivity index (χ0v) is 33.7. The summed E-state index contributed by atoms with van der Waals surface area (Å²) in [4.78, 5) is 51.0. The quantitative estimate of drug-likeness (QED) is 0.0490. The number of rotatable bonds is 27. The summed E-state index contributed by atoms with van der Waals surface area (Å²) in [5, 5.41) is 5.35. The lowest BCUT2D eigenvalue weighted by Crippen LogP contribution is -2.54. The van der Waals surface area contributed by atoms with E-state index in [-0.39, 0.29) is 24.0 Å². The zero-order valence-electron chi connectivity index (χ0n) is 33.7. The average molecular weight is 824 g/mol. The van der Waals surface area contributed by atoms with Gasteiger partial charge in [0.1, 0.15) is 11.6 Å². The summed E-state index contributed by atoms with van der Waals surface area (Å²) in [6, 6.07) is 34.7. The molecule has 0 aromatic heterocycles. The SMILES string of the molecule is O=C1CCC(N2C(=O)c3cccc(NCCOCCOCCOCCOCCOCCOCCOC(c4ccccc4)(c4ccccc4)c4ccccc4)c3C2=O)C(=O)N1. The summed E-state index contributed by atoms with van der Waals surface area (Å²) in [6.45, 7) is 5.80. The normalized spacial score (nSPS) is 15.3. The van der Waals surface area contributed by atoms with Gasteiger partial charge in [0, 0.05) is 18.7 Å². The third kappa shape index (κ3) is 11.7. The minimum absolute atomic E-state index is 0.0650. The van der Waals surface area contributed by atoms with Gasteiger partial charge in [0.05, 0.1) is 97.0 Å². The molecule has 2 aliphatic heterocycles. The minimum Gasteiger partial charge on any atom is -0.382 e. The fourth-order valence-corrected chi connectivity index (χ4v) is 7.14. The lowest BCUT2D eigenvalue weighted by atomic mass is 9.80. The van der Waals surface area contributed by atoms with Crippen molar-refractivity contribution in [1.29, 1.82) is 0 Å². The molecule has 1 saturated heterocycles. The molecule has 0 saturated carbocycles. The van der Waals surface area contributed by atoms with Gasteiger partial charge in [-0.2, -0.15) is 0 Å². The van der Waals surface area contributed by atoms with Crippen molar-refractivity contribution >= 4 is 29.3 Å².